The first-order valence-corrected chi connectivity index (χ1v) is 11.3. The topological polar surface area (TPSA) is 24.1 Å². The molecule has 3 unspecified atom stereocenters. The second-order valence-corrected chi connectivity index (χ2v) is 8.51. The molecule has 2 rings (SSSR count). The summed E-state index contributed by atoms with van der Waals surface area (Å²) in [6.07, 6.45) is 16.7. The third kappa shape index (κ3) is 8.64. The monoisotopic (exact) mass is 376 g/mol. The third-order valence-corrected chi connectivity index (χ3v) is 6.07. The average Bonchev–Trinajstić information content (AvgIpc) is 3.38. The molecule has 2 aliphatic rings. The second-order valence-electron chi connectivity index (χ2n) is 8.51. The number of unbranched alkanes of at least 4 members (excludes halogenated alkanes) is 2. The fourth-order valence-corrected chi connectivity index (χ4v) is 4.14. The molecule has 0 aromatic heterocycles. The zero-order valence-electron chi connectivity index (χ0n) is 17.6. The van der Waals surface area contributed by atoms with Crippen molar-refractivity contribution < 1.29 is 4.39 Å². The van der Waals surface area contributed by atoms with Gasteiger partial charge in [0.05, 0.1) is 0 Å². The highest BCUT2D eigenvalue weighted by molar-refractivity contribution is 5.27. The van der Waals surface area contributed by atoms with E-state index in [2.05, 4.69) is 43.2 Å². The molecular weight excluding hydrogens is 335 g/mol. The van der Waals surface area contributed by atoms with Crippen LogP contribution in [0.2, 0.25) is 0 Å². The molecule has 4 atom stereocenters. The fourth-order valence-electron chi connectivity index (χ4n) is 4.14. The lowest BCUT2D eigenvalue weighted by Crippen LogP contribution is -2.30. The highest BCUT2D eigenvalue weighted by Crippen LogP contribution is 2.44. The van der Waals surface area contributed by atoms with Crippen LogP contribution in [0.25, 0.3) is 0 Å². The van der Waals surface area contributed by atoms with Crippen LogP contribution < -0.4 is 10.6 Å². The van der Waals surface area contributed by atoms with Gasteiger partial charge in [-0.3, -0.25) is 0 Å². The first-order valence-electron chi connectivity index (χ1n) is 11.3. The Morgan fingerprint density at radius 1 is 1.22 bits per heavy atom. The van der Waals surface area contributed by atoms with E-state index in [0.29, 0.717) is 18.4 Å². The summed E-state index contributed by atoms with van der Waals surface area (Å²) in [5.74, 6) is 1.38. The number of alkyl halides is 1. The van der Waals surface area contributed by atoms with Gasteiger partial charge in [-0.1, -0.05) is 25.5 Å². The molecule has 0 amide bonds. The average molecular weight is 377 g/mol. The van der Waals surface area contributed by atoms with Crippen LogP contribution >= 0.6 is 0 Å². The van der Waals surface area contributed by atoms with Gasteiger partial charge >= 0.3 is 0 Å². The smallest absolute Gasteiger partial charge is 0.104 e. The molecule has 1 fully saturated rings. The SMILES string of the molecule is C=CCC(F)CC1CC1CCNCCCCC1=CC=C(CCCC)[C@H](C)N1. The van der Waals surface area contributed by atoms with Crippen molar-refractivity contribution in [2.45, 2.75) is 90.3 Å². The van der Waals surface area contributed by atoms with Gasteiger partial charge in [0.15, 0.2) is 0 Å². The lowest BCUT2D eigenvalue weighted by atomic mass is 9.97. The van der Waals surface area contributed by atoms with E-state index in [-0.39, 0.29) is 0 Å². The molecule has 0 saturated heterocycles. The number of halogens is 1. The van der Waals surface area contributed by atoms with Gasteiger partial charge in [0.2, 0.25) is 0 Å². The van der Waals surface area contributed by atoms with Crippen LogP contribution in [-0.2, 0) is 0 Å². The van der Waals surface area contributed by atoms with E-state index in [1.165, 1.54) is 50.6 Å². The molecule has 1 aliphatic heterocycles. The van der Waals surface area contributed by atoms with Crippen LogP contribution in [0.4, 0.5) is 4.39 Å². The number of allylic oxidation sites excluding steroid dienone is 4. The van der Waals surface area contributed by atoms with Crippen molar-refractivity contribution in [2.24, 2.45) is 11.8 Å². The molecular formula is C24H41FN2. The van der Waals surface area contributed by atoms with Crippen LogP contribution in [0.5, 0.6) is 0 Å². The summed E-state index contributed by atoms with van der Waals surface area (Å²) in [7, 11) is 0. The van der Waals surface area contributed by atoms with Crippen LogP contribution in [0.1, 0.15) is 78.1 Å². The van der Waals surface area contributed by atoms with Gasteiger partial charge in [-0.2, -0.15) is 0 Å². The Balaban J connectivity index is 1.46. The Hall–Kier alpha value is -1.09. The Morgan fingerprint density at radius 2 is 2.07 bits per heavy atom. The van der Waals surface area contributed by atoms with Gasteiger partial charge < -0.3 is 10.6 Å². The maximum absolute atomic E-state index is 13.5. The zero-order valence-corrected chi connectivity index (χ0v) is 17.6. The van der Waals surface area contributed by atoms with E-state index in [1.54, 1.807) is 11.6 Å². The number of dihydropyridines is 1. The van der Waals surface area contributed by atoms with Crippen molar-refractivity contribution in [3.63, 3.8) is 0 Å². The third-order valence-electron chi connectivity index (χ3n) is 6.07. The minimum absolute atomic E-state index is 0.497. The first-order chi connectivity index (χ1) is 13.1. The minimum Gasteiger partial charge on any atom is -0.382 e. The summed E-state index contributed by atoms with van der Waals surface area (Å²) >= 11 is 0. The Labute approximate surface area is 166 Å². The van der Waals surface area contributed by atoms with E-state index >= 15 is 0 Å². The standard InChI is InChI=1S/C24H41FN2/c1-4-6-10-20-12-13-24(27-19(20)3)11-7-8-15-26-16-14-21-17-22(21)18-23(25)9-5-2/h5,12-13,19,21-23,26-27H,2,4,6-11,14-18H2,1,3H3/t19-,21?,22?,23?/m0/s1. The van der Waals surface area contributed by atoms with Gasteiger partial charge in [0.25, 0.3) is 0 Å². The van der Waals surface area contributed by atoms with E-state index in [1.807, 2.05) is 0 Å². The van der Waals surface area contributed by atoms with Crippen molar-refractivity contribution in [3.8, 4) is 0 Å². The number of hydrogen-bond acceptors (Lipinski definition) is 2. The minimum atomic E-state index is -0.673. The number of rotatable bonds is 15. The molecule has 0 radical (unpaired) electrons. The van der Waals surface area contributed by atoms with E-state index < -0.39 is 6.17 Å². The van der Waals surface area contributed by atoms with Gasteiger partial charge in [0, 0.05) is 11.7 Å². The van der Waals surface area contributed by atoms with E-state index in [0.717, 1.165) is 31.8 Å². The molecule has 0 bridgehead atoms. The molecule has 3 heteroatoms. The predicted octanol–water partition coefficient (Wildman–Crippen LogP) is 6.07. The lowest BCUT2D eigenvalue weighted by Gasteiger charge is -2.24. The molecule has 0 aromatic carbocycles. The summed E-state index contributed by atoms with van der Waals surface area (Å²) in [5, 5.41) is 7.24. The maximum Gasteiger partial charge on any atom is 0.104 e. The van der Waals surface area contributed by atoms with Gasteiger partial charge in [-0.25, -0.2) is 4.39 Å². The summed E-state index contributed by atoms with van der Waals surface area (Å²) in [5.41, 5.74) is 2.94. The Kier molecular flexibility index (Phi) is 10.2. The maximum atomic E-state index is 13.5. The summed E-state index contributed by atoms with van der Waals surface area (Å²) < 4.78 is 13.5. The molecule has 154 valence electrons. The van der Waals surface area contributed by atoms with Crippen molar-refractivity contribution in [1.29, 1.82) is 0 Å². The van der Waals surface area contributed by atoms with Crippen molar-refractivity contribution in [2.75, 3.05) is 13.1 Å². The molecule has 27 heavy (non-hydrogen) atoms. The van der Waals surface area contributed by atoms with E-state index in [4.69, 9.17) is 0 Å². The fraction of sp³-hybridized carbons (Fsp3) is 0.750. The molecule has 1 aliphatic carbocycles. The van der Waals surface area contributed by atoms with E-state index in [9.17, 15) is 4.39 Å². The van der Waals surface area contributed by atoms with Gasteiger partial charge in [-0.15, -0.1) is 6.58 Å². The summed E-state index contributed by atoms with van der Waals surface area (Å²) in [4.78, 5) is 0. The molecule has 1 saturated carbocycles. The van der Waals surface area contributed by atoms with Crippen molar-refractivity contribution >= 4 is 0 Å². The van der Waals surface area contributed by atoms with Crippen LogP contribution in [0, 0.1) is 11.8 Å². The van der Waals surface area contributed by atoms with Crippen molar-refractivity contribution in [3.05, 3.63) is 36.1 Å². The zero-order chi connectivity index (χ0) is 19.5. The summed E-state index contributed by atoms with van der Waals surface area (Å²) in [6.45, 7) is 10.3. The van der Waals surface area contributed by atoms with Crippen LogP contribution in [0.3, 0.4) is 0 Å². The molecule has 1 heterocycles. The number of nitrogens with one attached hydrogen (secondary N) is 2. The molecule has 0 spiro atoms. The Morgan fingerprint density at radius 3 is 2.81 bits per heavy atom. The largest absolute Gasteiger partial charge is 0.382 e. The molecule has 2 nitrogen and oxygen atoms in total. The Bertz CT molecular complexity index is 497. The van der Waals surface area contributed by atoms with Crippen LogP contribution in [-0.4, -0.2) is 25.3 Å². The second kappa shape index (κ2) is 12.4. The number of hydrogen-bond donors (Lipinski definition) is 2. The lowest BCUT2D eigenvalue weighted by molar-refractivity contribution is 0.298. The summed E-state index contributed by atoms with van der Waals surface area (Å²) in [6, 6.07) is 0.497. The van der Waals surface area contributed by atoms with Crippen molar-refractivity contribution in [1.82, 2.24) is 10.6 Å². The quantitative estimate of drug-likeness (QED) is 0.268. The van der Waals surface area contributed by atoms with Crippen LogP contribution in [0.15, 0.2) is 36.1 Å². The van der Waals surface area contributed by atoms with Gasteiger partial charge in [-0.05, 0) is 101 Å². The van der Waals surface area contributed by atoms with Gasteiger partial charge in [0.1, 0.15) is 6.17 Å². The molecule has 2 N–H and O–H groups in total. The highest BCUT2D eigenvalue weighted by atomic mass is 19.1. The normalized spacial score (nSPS) is 25.4. The first kappa shape index (κ1) is 22.2. The highest BCUT2D eigenvalue weighted by Gasteiger charge is 2.37. The molecule has 0 aromatic rings. The predicted molar refractivity (Wildman–Crippen MR) is 116 cm³/mol.